The van der Waals surface area contributed by atoms with Crippen molar-refractivity contribution in [2.75, 3.05) is 5.75 Å². The standard InChI is InChI=1S/C30H30N2O3S/c31-18-21-9-15-25(16-10-21)30-34-26(20-36-27-8-4-5-17-32-27)28(23-6-2-1-3-7-23)29(35-30)24-13-11-22(19-33)12-14-24/h1-17,26,28-30,33H,18-20,31H2. The molecule has 4 unspecified atom stereocenters. The molecule has 1 fully saturated rings. The van der Waals surface area contributed by atoms with Crippen LogP contribution in [-0.2, 0) is 22.6 Å². The van der Waals surface area contributed by atoms with Gasteiger partial charge in [-0.1, -0.05) is 84.9 Å². The third-order valence-corrected chi connectivity index (χ3v) is 7.52. The minimum atomic E-state index is -0.520. The fourth-order valence-corrected chi connectivity index (χ4v) is 5.49. The van der Waals surface area contributed by atoms with Crippen molar-refractivity contribution in [1.82, 2.24) is 4.98 Å². The van der Waals surface area contributed by atoms with Gasteiger partial charge in [0.1, 0.15) is 0 Å². The summed E-state index contributed by atoms with van der Waals surface area (Å²) in [5.74, 6) is 0.699. The molecule has 3 N–H and O–H groups in total. The monoisotopic (exact) mass is 498 g/mol. The molecule has 0 saturated carbocycles. The van der Waals surface area contributed by atoms with Gasteiger partial charge in [0.2, 0.25) is 0 Å². The zero-order valence-electron chi connectivity index (χ0n) is 19.9. The van der Waals surface area contributed by atoms with Gasteiger partial charge in [0.15, 0.2) is 6.29 Å². The van der Waals surface area contributed by atoms with Crippen LogP contribution in [0, 0.1) is 0 Å². The minimum absolute atomic E-state index is 0.0104. The molecule has 0 spiro atoms. The lowest BCUT2D eigenvalue weighted by Gasteiger charge is -2.43. The van der Waals surface area contributed by atoms with Crippen LogP contribution in [0.5, 0.6) is 0 Å². The normalized spacial score (nSPS) is 21.8. The van der Waals surface area contributed by atoms with Crippen molar-refractivity contribution >= 4 is 11.8 Å². The Labute approximate surface area is 216 Å². The highest BCUT2D eigenvalue weighted by atomic mass is 32.2. The van der Waals surface area contributed by atoms with E-state index in [2.05, 4.69) is 41.4 Å². The highest BCUT2D eigenvalue weighted by Crippen LogP contribution is 2.47. The molecule has 184 valence electrons. The van der Waals surface area contributed by atoms with Crippen LogP contribution in [0.25, 0.3) is 0 Å². The Bertz CT molecular complexity index is 1220. The van der Waals surface area contributed by atoms with Crippen LogP contribution in [0.2, 0.25) is 0 Å². The molecule has 2 heterocycles. The van der Waals surface area contributed by atoms with Gasteiger partial charge >= 0.3 is 0 Å². The van der Waals surface area contributed by atoms with Crippen LogP contribution in [-0.4, -0.2) is 21.9 Å². The topological polar surface area (TPSA) is 77.6 Å². The Kier molecular flexibility index (Phi) is 8.11. The van der Waals surface area contributed by atoms with Crippen molar-refractivity contribution in [2.24, 2.45) is 5.73 Å². The number of ether oxygens (including phenoxy) is 2. The summed E-state index contributed by atoms with van der Waals surface area (Å²) in [6, 6.07) is 32.5. The second-order valence-electron chi connectivity index (χ2n) is 8.82. The van der Waals surface area contributed by atoms with Gasteiger partial charge in [-0.3, -0.25) is 0 Å². The second-order valence-corrected chi connectivity index (χ2v) is 9.86. The lowest BCUT2D eigenvalue weighted by molar-refractivity contribution is -0.255. The van der Waals surface area contributed by atoms with Gasteiger partial charge < -0.3 is 20.3 Å². The van der Waals surface area contributed by atoms with Gasteiger partial charge in [-0.15, -0.1) is 11.8 Å². The van der Waals surface area contributed by atoms with Crippen LogP contribution in [0.3, 0.4) is 0 Å². The summed E-state index contributed by atoms with van der Waals surface area (Å²) in [6.45, 7) is 0.502. The zero-order chi connectivity index (χ0) is 24.7. The maximum absolute atomic E-state index is 9.55. The molecule has 4 atom stereocenters. The maximum Gasteiger partial charge on any atom is 0.184 e. The first-order chi connectivity index (χ1) is 17.7. The highest BCUT2D eigenvalue weighted by molar-refractivity contribution is 7.99. The van der Waals surface area contributed by atoms with Crippen LogP contribution >= 0.6 is 11.8 Å². The van der Waals surface area contributed by atoms with Crippen molar-refractivity contribution in [1.29, 1.82) is 0 Å². The molecule has 0 bridgehead atoms. The van der Waals surface area contributed by atoms with E-state index >= 15 is 0 Å². The molecular formula is C30H30N2O3S. The van der Waals surface area contributed by atoms with Gasteiger partial charge in [-0.05, 0) is 34.4 Å². The smallest absolute Gasteiger partial charge is 0.184 e. The summed E-state index contributed by atoms with van der Waals surface area (Å²) in [5, 5.41) is 10.5. The Morgan fingerprint density at radius 3 is 2.11 bits per heavy atom. The summed E-state index contributed by atoms with van der Waals surface area (Å²) in [7, 11) is 0. The summed E-state index contributed by atoms with van der Waals surface area (Å²) in [6.07, 6.45) is 0.931. The predicted molar refractivity (Wildman–Crippen MR) is 142 cm³/mol. The molecule has 0 amide bonds. The number of hydrogen-bond acceptors (Lipinski definition) is 6. The number of nitrogens with zero attached hydrogens (tertiary/aromatic N) is 1. The number of aromatic nitrogens is 1. The van der Waals surface area contributed by atoms with Gasteiger partial charge in [0.25, 0.3) is 0 Å². The zero-order valence-corrected chi connectivity index (χ0v) is 20.8. The average molecular weight is 499 g/mol. The van der Waals surface area contributed by atoms with E-state index in [0.717, 1.165) is 38.6 Å². The van der Waals surface area contributed by atoms with Crippen molar-refractivity contribution in [3.63, 3.8) is 0 Å². The molecule has 1 aliphatic rings. The summed E-state index contributed by atoms with van der Waals surface area (Å²) >= 11 is 1.69. The fraction of sp³-hybridized carbons (Fsp3) is 0.233. The Morgan fingerprint density at radius 1 is 0.750 bits per heavy atom. The summed E-state index contributed by atoms with van der Waals surface area (Å²) < 4.78 is 13.4. The number of aliphatic hydroxyl groups excluding tert-OH is 1. The lowest BCUT2D eigenvalue weighted by Crippen LogP contribution is -2.38. The average Bonchev–Trinajstić information content (AvgIpc) is 2.96. The first-order valence-corrected chi connectivity index (χ1v) is 13.1. The molecule has 1 aliphatic heterocycles. The first-order valence-electron chi connectivity index (χ1n) is 12.1. The number of aliphatic hydroxyl groups is 1. The largest absolute Gasteiger partial charge is 0.392 e. The van der Waals surface area contributed by atoms with E-state index in [1.54, 1.807) is 11.8 Å². The van der Waals surface area contributed by atoms with Crippen molar-refractivity contribution in [2.45, 2.75) is 42.6 Å². The predicted octanol–water partition coefficient (Wildman–Crippen LogP) is 5.76. The molecule has 5 nitrogen and oxygen atoms in total. The van der Waals surface area contributed by atoms with E-state index in [0.29, 0.717) is 6.54 Å². The molecule has 6 heteroatoms. The minimum Gasteiger partial charge on any atom is -0.392 e. The number of benzene rings is 3. The molecule has 1 aromatic heterocycles. The van der Waals surface area contributed by atoms with Gasteiger partial charge in [-0.25, -0.2) is 4.98 Å². The molecular weight excluding hydrogens is 468 g/mol. The van der Waals surface area contributed by atoms with E-state index in [4.69, 9.17) is 15.2 Å². The third kappa shape index (κ3) is 5.69. The Balaban J connectivity index is 1.52. The lowest BCUT2D eigenvalue weighted by atomic mass is 9.84. The maximum atomic E-state index is 9.55. The van der Waals surface area contributed by atoms with E-state index in [1.165, 1.54) is 0 Å². The number of rotatable bonds is 8. The van der Waals surface area contributed by atoms with Crippen LogP contribution < -0.4 is 5.73 Å². The molecule has 0 radical (unpaired) electrons. The highest BCUT2D eigenvalue weighted by Gasteiger charge is 2.41. The van der Waals surface area contributed by atoms with Crippen molar-refractivity contribution in [3.8, 4) is 0 Å². The molecule has 4 aromatic rings. The third-order valence-electron chi connectivity index (χ3n) is 6.49. The van der Waals surface area contributed by atoms with E-state index < -0.39 is 6.29 Å². The Morgan fingerprint density at radius 2 is 1.44 bits per heavy atom. The van der Waals surface area contributed by atoms with Crippen LogP contribution in [0.4, 0.5) is 0 Å². The number of hydrogen-bond donors (Lipinski definition) is 2. The SMILES string of the molecule is NCc1ccc(C2OC(CSc3ccccn3)C(c3ccccc3)C(c3ccc(CO)cc3)O2)cc1. The van der Waals surface area contributed by atoms with E-state index in [9.17, 15) is 5.11 Å². The summed E-state index contributed by atoms with van der Waals surface area (Å²) in [4.78, 5) is 4.49. The number of nitrogens with two attached hydrogens (primary N) is 1. The van der Waals surface area contributed by atoms with Gasteiger partial charge in [-0.2, -0.15) is 0 Å². The number of thioether (sulfide) groups is 1. The molecule has 36 heavy (non-hydrogen) atoms. The van der Waals surface area contributed by atoms with Gasteiger partial charge in [0, 0.05) is 30.0 Å². The van der Waals surface area contributed by atoms with Crippen LogP contribution in [0.15, 0.2) is 108 Å². The quantitative estimate of drug-likeness (QED) is 0.301. The first kappa shape index (κ1) is 24.7. The van der Waals surface area contributed by atoms with Crippen molar-refractivity contribution in [3.05, 3.63) is 131 Å². The molecule has 1 saturated heterocycles. The summed E-state index contributed by atoms with van der Waals surface area (Å²) in [5.41, 5.74) is 10.9. The van der Waals surface area contributed by atoms with Crippen LogP contribution in [0.1, 0.15) is 46.1 Å². The number of pyridine rings is 1. The van der Waals surface area contributed by atoms with Crippen molar-refractivity contribution < 1.29 is 14.6 Å². The second kappa shape index (κ2) is 11.8. The van der Waals surface area contributed by atoms with Gasteiger partial charge in [0.05, 0.1) is 23.8 Å². The van der Waals surface area contributed by atoms with E-state index in [-0.39, 0.29) is 24.7 Å². The molecule has 0 aliphatic carbocycles. The molecule has 3 aromatic carbocycles. The molecule has 5 rings (SSSR count). The van der Waals surface area contributed by atoms with E-state index in [1.807, 2.05) is 66.9 Å². The fourth-order valence-electron chi connectivity index (χ4n) is 4.56. The Hall–Kier alpha value is -3.00.